The number of nitrogens with one attached hydrogen (secondary N) is 4. The number of tetrazole rings is 1. The SMILES string of the molecule is O=C(CCC[C@@H]1NC[C@@H]2CNC[C@H]1C2)NCCc1nn[nH]n1. The van der Waals surface area contributed by atoms with Crippen LogP contribution in [0.25, 0.3) is 0 Å². The van der Waals surface area contributed by atoms with E-state index in [1.807, 2.05) is 0 Å². The Labute approximate surface area is 130 Å². The lowest BCUT2D eigenvalue weighted by Crippen LogP contribution is -2.54. The molecule has 3 atom stereocenters. The molecule has 122 valence electrons. The van der Waals surface area contributed by atoms with Gasteiger partial charge in [-0.05, 0) is 50.7 Å². The maximum atomic E-state index is 11.8. The predicted molar refractivity (Wildman–Crippen MR) is 81.0 cm³/mol. The average molecular weight is 307 g/mol. The van der Waals surface area contributed by atoms with E-state index in [0.29, 0.717) is 31.3 Å². The van der Waals surface area contributed by atoms with E-state index in [0.717, 1.165) is 44.3 Å². The van der Waals surface area contributed by atoms with Crippen molar-refractivity contribution >= 4 is 5.91 Å². The summed E-state index contributed by atoms with van der Waals surface area (Å²) in [7, 11) is 0. The molecule has 8 nitrogen and oxygen atoms in total. The number of nitrogens with zero attached hydrogens (tertiary/aromatic N) is 3. The number of hydrogen-bond acceptors (Lipinski definition) is 6. The van der Waals surface area contributed by atoms with Crippen LogP contribution in [0.3, 0.4) is 0 Å². The zero-order valence-corrected chi connectivity index (χ0v) is 12.8. The predicted octanol–water partition coefficient (Wildman–Crippen LogP) is -0.774. The van der Waals surface area contributed by atoms with Crippen molar-refractivity contribution in [1.82, 2.24) is 36.6 Å². The molecule has 3 rings (SSSR count). The molecule has 2 bridgehead atoms. The molecule has 2 aliphatic heterocycles. The van der Waals surface area contributed by atoms with E-state index in [2.05, 4.69) is 36.6 Å². The number of H-pyrrole nitrogens is 1. The Morgan fingerprint density at radius 3 is 3.14 bits per heavy atom. The molecule has 0 saturated carbocycles. The number of carbonyl (C=O) groups excluding carboxylic acids is 1. The molecule has 1 amide bonds. The molecule has 4 N–H and O–H groups in total. The number of piperidine rings is 2. The van der Waals surface area contributed by atoms with Crippen LogP contribution in [-0.4, -0.2) is 58.8 Å². The van der Waals surface area contributed by atoms with Crippen molar-refractivity contribution in [2.75, 3.05) is 26.2 Å². The monoisotopic (exact) mass is 307 g/mol. The standard InChI is InChI=1S/C14H25N7O/c22-14(16-5-4-13-18-20-21-19-13)3-1-2-12-11-6-10(8-17-12)7-15-9-11/h10-12,15,17H,1-9H2,(H,16,22)(H,18,19,20,21)/t10-,11+,12-/m0/s1. The third-order valence-electron chi connectivity index (χ3n) is 4.69. The summed E-state index contributed by atoms with van der Waals surface area (Å²) in [4.78, 5) is 11.8. The third-order valence-corrected chi connectivity index (χ3v) is 4.69. The maximum Gasteiger partial charge on any atom is 0.220 e. The summed E-state index contributed by atoms with van der Waals surface area (Å²) in [6, 6.07) is 0.566. The van der Waals surface area contributed by atoms with E-state index in [9.17, 15) is 4.79 Å². The van der Waals surface area contributed by atoms with E-state index in [4.69, 9.17) is 0 Å². The molecule has 8 heteroatoms. The van der Waals surface area contributed by atoms with Gasteiger partial charge in [-0.25, -0.2) is 0 Å². The van der Waals surface area contributed by atoms with Gasteiger partial charge in [-0.3, -0.25) is 4.79 Å². The molecular formula is C14H25N7O. The molecule has 0 radical (unpaired) electrons. The van der Waals surface area contributed by atoms with Crippen molar-refractivity contribution in [3.8, 4) is 0 Å². The molecule has 1 aromatic rings. The quantitative estimate of drug-likeness (QED) is 0.527. The summed E-state index contributed by atoms with van der Waals surface area (Å²) in [5, 5.41) is 23.7. The van der Waals surface area contributed by atoms with Crippen LogP contribution in [-0.2, 0) is 11.2 Å². The molecule has 2 fully saturated rings. The molecule has 0 aromatic carbocycles. The van der Waals surface area contributed by atoms with Crippen LogP contribution in [0.2, 0.25) is 0 Å². The van der Waals surface area contributed by atoms with Crippen LogP contribution in [0.1, 0.15) is 31.5 Å². The van der Waals surface area contributed by atoms with Gasteiger partial charge in [0.05, 0.1) is 0 Å². The second-order valence-corrected chi connectivity index (χ2v) is 6.36. The van der Waals surface area contributed by atoms with E-state index in [1.165, 1.54) is 6.42 Å². The molecule has 2 aliphatic rings. The highest BCUT2D eigenvalue weighted by molar-refractivity contribution is 5.75. The Balaban J connectivity index is 1.28. The van der Waals surface area contributed by atoms with Crippen LogP contribution >= 0.6 is 0 Å². The van der Waals surface area contributed by atoms with Crippen LogP contribution in [0.15, 0.2) is 0 Å². The fraction of sp³-hybridized carbons (Fsp3) is 0.857. The fourth-order valence-corrected chi connectivity index (χ4v) is 3.53. The lowest BCUT2D eigenvalue weighted by Gasteiger charge is -2.41. The maximum absolute atomic E-state index is 11.8. The topological polar surface area (TPSA) is 108 Å². The summed E-state index contributed by atoms with van der Waals surface area (Å²) >= 11 is 0. The minimum atomic E-state index is 0.110. The Morgan fingerprint density at radius 2 is 2.27 bits per heavy atom. The van der Waals surface area contributed by atoms with E-state index >= 15 is 0 Å². The summed E-state index contributed by atoms with van der Waals surface area (Å²) in [5.41, 5.74) is 0. The number of rotatable bonds is 7. The minimum Gasteiger partial charge on any atom is -0.356 e. The third kappa shape index (κ3) is 4.23. The molecular weight excluding hydrogens is 282 g/mol. The molecule has 0 aliphatic carbocycles. The Hall–Kier alpha value is -1.54. The van der Waals surface area contributed by atoms with Crippen molar-refractivity contribution in [1.29, 1.82) is 0 Å². The van der Waals surface area contributed by atoms with Gasteiger partial charge < -0.3 is 16.0 Å². The minimum absolute atomic E-state index is 0.110. The van der Waals surface area contributed by atoms with Gasteiger partial charge in [-0.1, -0.05) is 5.21 Å². The van der Waals surface area contributed by atoms with Gasteiger partial charge in [0, 0.05) is 25.4 Å². The fourth-order valence-electron chi connectivity index (χ4n) is 3.53. The Kier molecular flexibility index (Phi) is 5.33. The highest BCUT2D eigenvalue weighted by atomic mass is 16.1. The van der Waals surface area contributed by atoms with Crippen LogP contribution in [0, 0.1) is 11.8 Å². The zero-order valence-electron chi connectivity index (χ0n) is 12.8. The van der Waals surface area contributed by atoms with E-state index in [-0.39, 0.29) is 5.91 Å². The van der Waals surface area contributed by atoms with Crippen molar-refractivity contribution < 1.29 is 4.79 Å². The van der Waals surface area contributed by atoms with Gasteiger partial charge in [0.1, 0.15) is 0 Å². The van der Waals surface area contributed by atoms with Gasteiger partial charge in [0.15, 0.2) is 5.82 Å². The largest absolute Gasteiger partial charge is 0.356 e. The number of fused-ring (bicyclic) bond motifs is 2. The Bertz CT molecular complexity index is 464. The number of carbonyl (C=O) groups is 1. The first-order valence-electron chi connectivity index (χ1n) is 8.24. The lowest BCUT2D eigenvalue weighted by molar-refractivity contribution is -0.121. The van der Waals surface area contributed by atoms with Crippen molar-refractivity contribution in [2.45, 2.75) is 38.1 Å². The van der Waals surface area contributed by atoms with E-state index in [1.54, 1.807) is 0 Å². The molecule has 2 saturated heterocycles. The number of hydrogen-bond donors (Lipinski definition) is 4. The molecule has 0 unspecified atom stereocenters. The van der Waals surface area contributed by atoms with Crippen molar-refractivity contribution in [2.24, 2.45) is 11.8 Å². The summed E-state index contributed by atoms with van der Waals surface area (Å²) in [6.45, 7) is 3.95. The van der Waals surface area contributed by atoms with Gasteiger partial charge in [-0.2, -0.15) is 5.21 Å². The first-order chi connectivity index (χ1) is 10.8. The van der Waals surface area contributed by atoms with Crippen molar-refractivity contribution in [3.05, 3.63) is 5.82 Å². The summed E-state index contributed by atoms with van der Waals surface area (Å²) < 4.78 is 0. The Morgan fingerprint density at radius 1 is 1.32 bits per heavy atom. The molecule has 22 heavy (non-hydrogen) atoms. The summed E-state index contributed by atoms with van der Waals surface area (Å²) in [5.74, 6) is 2.27. The second kappa shape index (κ2) is 7.64. The van der Waals surface area contributed by atoms with Gasteiger partial charge in [0.25, 0.3) is 0 Å². The van der Waals surface area contributed by atoms with Crippen LogP contribution in [0.5, 0.6) is 0 Å². The highest BCUT2D eigenvalue weighted by Crippen LogP contribution is 2.26. The van der Waals surface area contributed by atoms with Gasteiger partial charge in [-0.15, -0.1) is 10.2 Å². The van der Waals surface area contributed by atoms with Gasteiger partial charge >= 0.3 is 0 Å². The zero-order chi connectivity index (χ0) is 15.2. The summed E-state index contributed by atoms with van der Waals surface area (Å²) in [6.07, 6.45) is 4.56. The molecule has 1 aromatic heterocycles. The molecule has 3 heterocycles. The second-order valence-electron chi connectivity index (χ2n) is 6.36. The normalized spacial score (nSPS) is 27.5. The first-order valence-corrected chi connectivity index (χ1v) is 8.24. The van der Waals surface area contributed by atoms with Crippen LogP contribution in [0.4, 0.5) is 0 Å². The number of amides is 1. The van der Waals surface area contributed by atoms with Crippen LogP contribution < -0.4 is 16.0 Å². The number of aromatic nitrogens is 4. The van der Waals surface area contributed by atoms with Gasteiger partial charge in [0.2, 0.25) is 5.91 Å². The van der Waals surface area contributed by atoms with Crippen molar-refractivity contribution in [3.63, 3.8) is 0 Å². The highest BCUT2D eigenvalue weighted by Gasteiger charge is 2.32. The first kappa shape index (κ1) is 15.4. The molecule has 0 spiro atoms. The average Bonchev–Trinajstić information content (AvgIpc) is 3.03. The van der Waals surface area contributed by atoms with E-state index < -0.39 is 0 Å². The lowest BCUT2D eigenvalue weighted by atomic mass is 9.80. The number of aromatic amines is 1. The smallest absolute Gasteiger partial charge is 0.220 e.